The van der Waals surface area contributed by atoms with Gasteiger partial charge in [-0.3, -0.25) is 0 Å². The quantitative estimate of drug-likeness (QED) is 0.126. The van der Waals surface area contributed by atoms with Crippen molar-refractivity contribution in [2.45, 2.75) is 84.0 Å². The smallest absolute Gasteiger partial charge is 0.252 e. The first kappa shape index (κ1) is 62.3. The van der Waals surface area contributed by atoms with Gasteiger partial charge in [-0.2, -0.15) is 0 Å². The normalized spacial score (nSPS) is 13.5. The van der Waals surface area contributed by atoms with Crippen LogP contribution >= 0.6 is 0 Å². The molecule has 0 aromatic heterocycles. The van der Waals surface area contributed by atoms with E-state index in [1.54, 1.807) is 0 Å². The lowest BCUT2D eigenvalue weighted by molar-refractivity contribution is 0.569. The van der Waals surface area contributed by atoms with Crippen molar-refractivity contribution in [1.82, 2.24) is 0 Å². The third-order valence-corrected chi connectivity index (χ3v) is 21.6. The van der Waals surface area contributed by atoms with Crippen LogP contribution in [0.3, 0.4) is 0 Å². The summed E-state index contributed by atoms with van der Waals surface area (Å²) < 4.78 is 0. The highest BCUT2D eigenvalue weighted by Gasteiger charge is 2.50. The van der Waals surface area contributed by atoms with Gasteiger partial charge >= 0.3 is 0 Å². The molecule has 0 saturated carbocycles. The molecule has 0 saturated heterocycles. The molecule has 2 heterocycles. The Morgan fingerprint density at radius 2 is 0.640 bits per heavy atom. The van der Waals surface area contributed by atoms with E-state index in [0.717, 1.165) is 84.2 Å². The molecule has 0 bridgehead atoms. The summed E-state index contributed by atoms with van der Waals surface area (Å²) in [5, 5.41) is 0. The van der Waals surface area contributed by atoms with Crippen LogP contribution in [-0.4, -0.2) is 6.71 Å². The van der Waals surface area contributed by atoms with Gasteiger partial charge in [0.1, 0.15) is 0 Å². The van der Waals surface area contributed by atoms with Gasteiger partial charge in [0, 0.05) is 45.0 Å². The van der Waals surface area contributed by atoms with E-state index in [0.29, 0.717) is 0 Å². The zero-order chi connectivity index (χ0) is 68.2. The van der Waals surface area contributed by atoms with Crippen molar-refractivity contribution in [3.63, 3.8) is 0 Å². The van der Waals surface area contributed by atoms with E-state index in [9.17, 15) is 0 Å². The maximum atomic E-state index is 2.73. The van der Waals surface area contributed by atoms with E-state index < -0.39 is 5.41 Å². The van der Waals surface area contributed by atoms with Crippen LogP contribution in [0.25, 0.3) is 77.9 Å². The van der Waals surface area contributed by atoms with Gasteiger partial charge in [-0.1, -0.05) is 366 Å². The molecule has 1 aliphatic carbocycles. The van der Waals surface area contributed by atoms with Gasteiger partial charge in [-0.05, 0) is 151 Å². The third kappa shape index (κ3) is 10.2. The van der Waals surface area contributed by atoms with Crippen LogP contribution in [0.2, 0.25) is 0 Å². The van der Waals surface area contributed by atoms with Crippen molar-refractivity contribution in [2.24, 2.45) is 0 Å². The van der Waals surface area contributed by atoms with Crippen LogP contribution in [0.1, 0.15) is 101 Å². The first-order valence-corrected chi connectivity index (χ1v) is 35.6. The molecule has 3 aliphatic rings. The lowest BCUT2D eigenvalue weighted by atomic mass is 9.33. The molecule has 0 N–H and O–H groups in total. The van der Waals surface area contributed by atoms with Crippen molar-refractivity contribution in [3.05, 3.63) is 367 Å². The Morgan fingerprint density at radius 1 is 0.250 bits per heavy atom. The minimum absolute atomic E-state index is 0.0965. The Kier molecular flexibility index (Phi) is 15.0. The zero-order valence-corrected chi connectivity index (χ0v) is 58.6. The van der Waals surface area contributed by atoms with Gasteiger partial charge in [0.15, 0.2) is 0 Å². The van der Waals surface area contributed by atoms with Crippen molar-refractivity contribution < 1.29 is 0 Å². The van der Waals surface area contributed by atoms with Crippen molar-refractivity contribution >= 4 is 57.2 Å². The molecular weight excluding hydrogens is 1200 g/mol. The fraction of sp³-hybridized carbons (Fsp3) is 0.134. The lowest BCUT2D eigenvalue weighted by Gasteiger charge is -2.46. The Morgan fingerprint density at radius 3 is 1.10 bits per heavy atom. The summed E-state index contributed by atoms with van der Waals surface area (Å²) in [6.45, 7) is 21.0. The Labute approximate surface area is 591 Å². The van der Waals surface area contributed by atoms with E-state index in [2.05, 4.69) is 400 Å². The third-order valence-electron chi connectivity index (χ3n) is 21.6. The predicted octanol–water partition coefficient (Wildman–Crippen LogP) is 24.0. The largest absolute Gasteiger partial charge is 0.310 e. The molecule has 17 rings (SSSR count). The van der Waals surface area contributed by atoms with Crippen LogP contribution in [0, 0.1) is 0 Å². The summed E-state index contributed by atoms with van der Waals surface area (Å²) in [4.78, 5) is 5.44. The molecule has 482 valence electrons. The summed E-state index contributed by atoms with van der Waals surface area (Å²) in [6.07, 6.45) is 0. The van der Waals surface area contributed by atoms with Crippen molar-refractivity contribution in [3.8, 4) is 77.9 Å². The summed E-state index contributed by atoms with van der Waals surface area (Å²) in [5.74, 6) is 0. The monoisotopic (exact) mass is 1280 g/mol. The number of nitrogens with zero attached hydrogens (tertiary/aromatic N) is 2. The first-order chi connectivity index (χ1) is 48.5. The average molecular weight is 1290 g/mol. The minimum Gasteiger partial charge on any atom is -0.310 e. The molecule has 3 heteroatoms. The maximum Gasteiger partial charge on any atom is 0.252 e. The molecule has 0 fully saturated rings. The van der Waals surface area contributed by atoms with Gasteiger partial charge in [0.2, 0.25) is 0 Å². The molecule has 100 heavy (non-hydrogen) atoms. The molecular formula is C97H81BN2. The predicted molar refractivity (Wildman–Crippen MR) is 426 cm³/mol. The van der Waals surface area contributed by atoms with Crippen molar-refractivity contribution in [2.75, 3.05) is 9.80 Å². The van der Waals surface area contributed by atoms with Crippen LogP contribution < -0.4 is 26.2 Å². The second kappa shape index (κ2) is 24.0. The molecule has 0 amide bonds. The number of hydrogen-bond donors (Lipinski definition) is 0. The van der Waals surface area contributed by atoms with Gasteiger partial charge < -0.3 is 9.80 Å². The fourth-order valence-electron chi connectivity index (χ4n) is 16.7. The number of anilines is 6. The molecule has 2 nitrogen and oxygen atoms in total. The summed E-state index contributed by atoms with van der Waals surface area (Å²) >= 11 is 0. The van der Waals surface area contributed by atoms with Crippen LogP contribution in [0.4, 0.5) is 34.1 Å². The second-order valence-corrected chi connectivity index (χ2v) is 30.8. The molecule has 14 aromatic carbocycles. The van der Waals surface area contributed by atoms with Crippen LogP contribution in [-0.2, 0) is 21.7 Å². The Balaban J connectivity index is 1.08. The fourth-order valence-corrected chi connectivity index (χ4v) is 16.7. The number of hydrogen-bond acceptors (Lipinski definition) is 2. The van der Waals surface area contributed by atoms with E-state index in [1.807, 2.05) is 0 Å². The Bertz CT molecular complexity index is 5280. The van der Waals surface area contributed by atoms with Crippen molar-refractivity contribution in [1.29, 1.82) is 0 Å². The topological polar surface area (TPSA) is 6.48 Å². The number of rotatable bonds is 10. The second-order valence-electron chi connectivity index (χ2n) is 30.8. The zero-order valence-electron chi connectivity index (χ0n) is 58.6. The molecule has 0 atom stereocenters. The highest BCUT2D eigenvalue weighted by atomic mass is 15.2. The standard InChI is InChI=1S/C97H81BN2/c1-94(2,3)73-54-56-86-85(63-73)98-84-55-53-68(69-57-74(95(4,5)6)62-75(58-69)96(7,8)9)59-87(84)100(93-79(66-37-20-12-21-38-66)49-32-50-80(93)67-39-22-13-23-40-67)89-61-70(60-88(91(89)98)99(86)92-77(64-33-16-10-17-34-64)47-31-48-78(92)65-35-18-11-19-36-65)76-46-30-51-82-81-45-28-29-52-83(81)97(90(76)82,71-41-24-14-25-42-71)72-43-26-15-27-44-72/h10-63H,1-9H3. The number of para-hydroxylation sites is 2. The van der Waals surface area contributed by atoms with E-state index in [-0.39, 0.29) is 23.0 Å². The van der Waals surface area contributed by atoms with Gasteiger partial charge in [0.25, 0.3) is 6.71 Å². The summed E-state index contributed by atoms with van der Waals surface area (Å²) in [5.41, 5.74) is 34.9. The SMILES string of the molecule is CC(C)(C)c1cc(-c2ccc3c(c2)N(c2c(-c4ccccc4)cccc2-c2ccccc2)c2cc(-c4cccc5c4C(c4ccccc4)(c4ccccc4)c4ccccc4-5)cc4c2B3c2cc(C(C)(C)C)ccc2N4c2c(-c3ccccc3)cccc2-c2ccccc2)cc(C(C)(C)C)c1. The summed E-state index contributed by atoms with van der Waals surface area (Å²) in [7, 11) is 0. The summed E-state index contributed by atoms with van der Waals surface area (Å²) in [6, 6.07) is 125. The number of fused-ring (bicyclic) bond motifs is 7. The molecule has 2 aliphatic heterocycles. The van der Waals surface area contributed by atoms with E-state index >= 15 is 0 Å². The molecule has 0 radical (unpaired) electrons. The minimum atomic E-state index is -0.703. The highest BCUT2D eigenvalue weighted by Crippen LogP contribution is 2.61. The molecule has 14 aromatic rings. The number of benzene rings is 14. The first-order valence-electron chi connectivity index (χ1n) is 35.6. The lowest BCUT2D eigenvalue weighted by Crippen LogP contribution is -2.61. The van der Waals surface area contributed by atoms with Crippen LogP contribution in [0.5, 0.6) is 0 Å². The maximum absolute atomic E-state index is 2.73. The average Bonchev–Trinajstić information content (AvgIpc) is 1.00. The molecule has 0 unspecified atom stereocenters. The molecule has 0 spiro atoms. The van der Waals surface area contributed by atoms with E-state index in [1.165, 1.54) is 83.1 Å². The van der Waals surface area contributed by atoms with Gasteiger partial charge in [-0.15, -0.1) is 0 Å². The van der Waals surface area contributed by atoms with E-state index in [4.69, 9.17) is 0 Å². The van der Waals surface area contributed by atoms with Gasteiger partial charge in [-0.25, -0.2) is 0 Å². The van der Waals surface area contributed by atoms with Crippen LogP contribution in [0.15, 0.2) is 328 Å². The Hall–Kier alpha value is -11.3. The highest BCUT2D eigenvalue weighted by molar-refractivity contribution is 7.00. The van der Waals surface area contributed by atoms with Gasteiger partial charge in [0.05, 0.1) is 16.8 Å².